The van der Waals surface area contributed by atoms with Gasteiger partial charge in [0, 0.05) is 18.5 Å². The Morgan fingerprint density at radius 1 is 1.00 bits per heavy atom. The van der Waals surface area contributed by atoms with Crippen molar-refractivity contribution in [3.05, 3.63) is 71.8 Å². The molecule has 0 radical (unpaired) electrons. The van der Waals surface area contributed by atoms with Crippen LogP contribution < -0.4 is 0 Å². The summed E-state index contributed by atoms with van der Waals surface area (Å²) in [7, 11) is 0. The first-order valence-corrected chi connectivity index (χ1v) is 7.26. The van der Waals surface area contributed by atoms with Crippen molar-refractivity contribution in [1.29, 1.82) is 0 Å². The van der Waals surface area contributed by atoms with Gasteiger partial charge in [0.15, 0.2) is 0 Å². The summed E-state index contributed by atoms with van der Waals surface area (Å²) in [6.07, 6.45) is 0.294. The Morgan fingerprint density at radius 3 is 2.05 bits per heavy atom. The Morgan fingerprint density at radius 2 is 1.55 bits per heavy atom. The second kappa shape index (κ2) is 7.41. The largest absolute Gasteiger partial charge is 0.480 e. The summed E-state index contributed by atoms with van der Waals surface area (Å²) in [5, 5.41) is 9.54. The van der Waals surface area contributed by atoms with Crippen LogP contribution in [0.25, 0.3) is 0 Å². The predicted octanol–water partition coefficient (Wildman–Crippen LogP) is 2.84. The highest BCUT2D eigenvalue weighted by atomic mass is 16.4. The molecule has 0 saturated heterocycles. The third kappa shape index (κ3) is 3.73. The SMILES string of the molecule is CCN(C(=O)c1ccccc1)[C@@H](Cc1ccccc1)C(=O)O. The standard InChI is InChI=1S/C18H19NO3/c1-2-19(17(20)15-11-7-4-8-12-15)16(18(21)22)13-14-9-5-3-6-10-14/h3-12,16H,2,13H2,1H3,(H,21,22)/t16-/m0/s1. The Balaban J connectivity index is 2.25. The fourth-order valence-electron chi connectivity index (χ4n) is 2.42. The lowest BCUT2D eigenvalue weighted by molar-refractivity contribution is -0.142. The van der Waals surface area contributed by atoms with Crippen LogP contribution in [-0.2, 0) is 11.2 Å². The molecule has 0 aliphatic heterocycles. The minimum atomic E-state index is -0.991. The highest BCUT2D eigenvalue weighted by molar-refractivity contribution is 5.96. The lowest BCUT2D eigenvalue weighted by Crippen LogP contribution is -2.46. The summed E-state index contributed by atoms with van der Waals surface area (Å²) in [6, 6.07) is 17.2. The number of carboxylic acid groups (broad SMARTS) is 1. The highest BCUT2D eigenvalue weighted by Gasteiger charge is 2.29. The molecule has 4 heteroatoms. The van der Waals surface area contributed by atoms with Crippen molar-refractivity contribution in [2.75, 3.05) is 6.54 Å². The minimum absolute atomic E-state index is 0.258. The van der Waals surface area contributed by atoms with Crippen molar-refractivity contribution >= 4 is 11.9 Å². The van der Waals surface area contributed by atoms with Crippen molar-refractivity contribution in [3.63, 3.8) is 0 Å². The Hall–Kier alpha value is -2.62. The number of amides is 1. The summed E-state index contributed by atoms with van der Waals surface area (Å²) in [5.74, 6) is -1.25. The second-order valence-electron chi connectivity index (χ2n) is 5.00. The molecule has 114 valence electrons. The molecule has 2 rings (SSSR count). The maximum Gasteiger partial charge on any atom is 0.326 e. The molecule has 22 heavy (non-hydrogen) atoms. The van der Waals surface area contributed by atoms with E-state index in [-0.39, 0.29) is 5.91 Å². The first-order valence-electron chi connectivity index (χ1n) is 7.26. The smallest absolute Gasteiger partial charge is 0.326 e. The quantitative estimate of drug-likeness (QED) is 0.892. The number of nitrogens with zero attached hydrogens (tertiary/aromatic N) is 1. The Bertz CT molecular complexity index is 625. The summed E-state index contributed by atoms with van der Waals surface area (Å²) >= 11 is 0. The van der Waals surface area contributed by atoms with Gasteiger partial charge in [0.05, 0.1) is 0 Å². The fourth-order valence-corrected chi connectivity index (χ4v) is 2.42. The Kier molecular flexibility index (Phi) is 5.31. The van der Waals surface area contributed by atoms with Gasteiger partial charge in [-0.25, -0.2) is 4.79 Å². The van der Waals surface area contributed by atoms with Crippen LogP contribution >= 0.6 is 0 Å². The van der Waals surface area contributed by atoms with Gasteiger partial charge in [-0.3, -0.25) is 4.79 Å². The molecule has 0 saturated carbocycles. The van der Waals surface area contributed by atoms with Crippen molar-refractivity contribution in [2.45, 2.75) is 19.4 Å². The van der Waals surface area contributed by atoms with Crippen molar-refractivity contribution in [1.82, 2.24) is 4.90 Å². The van der Waals surface area contributed by atoms with Gasteiger partial charge in [0.1, 0.15) is 6.04 Å². The molecule has 1 amide bonds. The zero-order valence-electron chi connectivity index (χ0n) is 12.5. The van der Waals surface area contributed by atoms with E-state index in [4.69, 9.17) is 0 Å². The molecule has 0 fully saturated rings. The number of aliphatic carboxylic acids is 1. The van der Waals surface area contributed by atoms with E-state index in [0.29, 0.717) is 18.5 Å². The maximum absolute atomic E-state index is 12.6. The highest BCUT2D eigenvalue weighted by Crippen LogP contribution is 2.13. The lowest BCUT2D eigenvalue weighted by Gasteiger charge is -2.28. The van der Waals surface area contributed by atoms with E-state index in [1.807, 2.05) is 36.4 Å². The lowest BCUT2D eigenvalue weighted by atomic mass is 10.0. The first-order chi connectivity index (χ1) is 10.6. The van der Waals surface area contributed by atoms with E-state index in [1.165, 1.54) is 4.90 Å². The maximum atomic E-state index is 12.6. The van der Waals surface area contributed by atoms with Crippen molar-refractivity contribution < 1.29 is 14.7 Å². The van der Waals surface area contributed by atoms with Crippen LogP contribution in [0.15, 0.2) is 60.7 Å². The molecule has 0 aliphatic carbocycles. The van der Waals surface area contributed by atoms with Gasteiger partial charge in [-0.15, -0.1) is 0 Å². The summed E-state index contributed by atoms with van der Waals surface area (Å²) < 4.78 is 0. The molecule has 0 unspecified atom stereocenters. The molecule has 0 aromatic heterocycles. The van der Waals surface area contributed by atoms with Gasteiger partial charge in [-0.1, -0.05) is 48.5 Å². The number of hydrogen-bond donors (Lipinski definition) is 1. The first kappa shape index (κ1) is 15.8. The molecule has 4 nitrogen and oxygen atoms in total. The van der Waals surface area contributed by atoms with Gasteiger partial charge in [0.2, 0.25) is 0 Å². The molecule has 0 bridgehead atoms. The normalized spacial score (nSPS) is 11.7. The van der Waals surface area contributed by atoms with E-state index in [2.05, 4.69) is 0 Å². The van der Waals surface area contributed by atoms with Crippen LogP contribution in [0.1, 0.15) is 22.8 Å². The number of likely N-dealkylation sites (N-methyl/N-ethyl adjacent to an activating group) is 1. The van der Waals surface area contributed by atoms with E-state index in [1.54, 1.807) is 31.2 Å². The zero-order valence-corrected chi connectivity index (χ0v) is 12.5. The number of carbonyl (C=O) groups excluding carboxylic acids is 1. The third-order valence-corrected chi connectivity index (χ3v) is 3.56. The van der Waals surface area contributed by atoms with E-state index < -0.39 is 12.0 Å². The number of rotatable bonds is 6. The average Bonchev–Trinajstić information content (AvgIpc) is 2.56. The molecule has 0 heterocycles. The van der Waals surface area contributed by atoms with Gasteiger partial charge >= 0.3 is 5.97 Å². The number of hydrogen-bond acceptors (Lipinski definition) is 2. The van der Waals surface area contributed by atoms with Crippen LogP contribution in [0.2, 0.25) is 0 Å². The van der Waals surface area contributed by atoms with Gasteiger partial charge in [-0.2, -0.15) is 0 Å². The molecule has 1 N–H and O–H groups in total. The predicted molar refractivity (Wildman–Crippen MR) is 84.7 cm³/mol. The van der Waals surface area contributed by atoms with E-state index in [0.717, 1.165) is 5.56 Å². The molecular weight excluding hydrogens is 278 g/mol. The van der Waals surface area contributed by atoms with Crippen LogP contribution in [-0.4, -0.2) is 34.5 Å². The topological polar surface area (TPSA) is 57.6 Å². The minimum Gasteiger partial charge on any atom is -0.480 e. The van der Waals surface area contributed by atoms with Crippen molar-refractivity contribution in [2.24, 2.45) is 0 Å². The van der Waals surface area contributed by atoms with Gasteiger partial charge in [-0.05, 0) is 24.6 Å². The number of benzene rings is 2. The number of carbonyl (C=O) groups is 2. The van der Waals surface area contributed by atoms with Crippen LogP contribution in [0.4, 0.5) is 0 Å². The van der Waals surface area contributed by atoms with E-state index in [9.17, 15) is 14.7 Å². The monoisotopic (exact) mass is 297 g/mol. The molecule has 2 aromatic rings. The molecule has 1 atom stereocenters. The third-order valence-electron chi connectivity index (χ3n) is 3.56. The molecule has 0 aliphatic rings. The van der Waals surface area contributed by atoms with Crippen LogP contribution in [0.5, 0.6) is 0 Å². The fraction of sp³-hybridized carbons (Fsp3) is 0.222. The molecular formula is C18H19NO3. The summed E-state index contributed by atoms with van der Waals surface area (Å²) in [6.45, 7) is 2.14. The van der Waals surface area contributed by atoms with Crippen molar-refractivity contribution in [3.8, 4) is 0 Å². The zero-order chi connectivity index (χ0) is 15.9. The van der Waals surface area contributed by atoms with Gasteiger partial charge < -0.3 is 10.0 Å². The Labute approximate surface area is 130 Å². The molecule has 2 aromatic carbocycles. The number of carboxylic acids is 1. The summed E-state index contributed by atoms with van der Waals surface area (Å²) in [4.78, 5) is 25.6. The second-order valence-corrected chi connectivity index (χ2v) is 5.00. The van der Waals surface area contributed by atoms with E-state index >= 15 is 0 Å². The van der Waals surface area contributed by atoms with Crippen LogP contribution in [0.3, 0.4) is 0 Å². The molecule has 0 spiro atoms. The van der Waals surface area contributed by atoms with Crippen LogP contribution in [0, 0.1) is 0 Å². The average molecular weight is 297 g/mol. The van der Waals surface area contributed by atoms with Gasteiger partial charge in [0.25, 0.3) is 5.91 Å². The summed E-state index contributed by atoms with van der Waals surface area (Å²) in [5.41, 5.74) is 1.40.